The van der Waals surface area contributed by atoms with E-state index in [-0.39, 0.29) is 21.7 Å². The highest BCUT2D eigenvalue weighted by Gasteiger charge is 2.25. The van der Waals surface area contributed by atoms with E-state index in [1.54, 1.807) is 0 Å². The SMILES string of the molecule is CC(C)(C)c1cc(-c2c3nc(cc4nc(c(-c5cc(C(C)(C)C)cc(C(C)(C)C)c5)c5ccc(cc6ccc2[nH]6)[nH]5)C=C4/C=C/c2ccccc2)C=C3)cc(C(C)(C)C)c1. The standard InChI is InChI=1S/C56H60N4/c1-53(2,3)39-26-37(27-40(31-39)54(4,5)6)51-46-23-20-43(57-46)33-44-21-24-48(58-44)52(38-28-41(55(7,8)9)32-42(29-38)56(10,11)12)50-30-36(19-18-35-16-14-13-15-17-35)49(60-50)34-45-22-25-47(51)59-45/h13-34,57-58H,1-12H3/b19-18+,43-33?,44-33?,45-34?,49-34?,51-46?,51-47?,52-48?,52-50?. The summed E-state index contributed by atoms with van der Waals surface area (Å²) in [4.78, 5) is 18.5. The van der Waals surface area contributed by atoms with Gasteiger partial charge in [-0.25, -0.2) is 9.97 Å². The van der Waals surface area contributed by atoms with Crippen molar-refractivity contribution in [3.63, 3.8) is 0 Å². The van der Waals surface area contributed by atoms with Gasteiger partial charge in [0.2, 0.25) is 0 Å². The van der Waals surface area contributed by atoms with Gasteiger partial charge >= 0.3 is 0 Å². The van der Waals surface area contributed by atoms with E-state index in [1.165, 1.54) is 22.3 Å². The predicted octanol–water partition coefficient (Wildman–Crippen LogP) is 15.3. The van der Waals surface area contributed by atoms with Crippen LogP contribution in [0.25, 0.3) is 74.2 Å². The maximum absolute atomic E-state index is 5.50. The minimum Gasteiger partial charge on any atom is -0.355 e. The molecule has 0 aliphatic carbocycles. The van der Waals surface area contributed by atoms with E-state index < -0.39 is 0 Å². The lowest BCUT2D eigenvalue weighted by molar-refractivity contribution is 0.568. The molecule has 304 valence electrons. The quantitative estimate of drug-likeness (QED) is 0.187. The summed E-state index contributed by atoms with van der Waals surface area (Å²) < 4.78 is 0. The molecule has 2 N–H and O–H groups in total. The van der Waals surface area contributed by atoms with Crippen molar-refractivity contribution in [1.29, 1.82) is 0 Å². The second-order valence-corrected chi connectivity index (χ2v) is 20.8. The molecule has 4 heteroatoms. The molecular weight excluding hydrogens is 729 g/mol. The first-order valence-corrected chi connectivity index (χ1v) is 21.4. The fourth-order valence-electron chi connectivity index (χ4n) is 7.92. The Balaban J connectivity index is 1.47. The second kappa shape index (κ2) is 14.9. The Morgan fingerprint density at radius 3 is 1.42 bits per heavy atom. The first-order chi connectivity index (χ1) is 28.2. The van der Waals surface area contributed by atoms with Gasteiger partial charge in [-0.15, -0.1) is 0 Å². The molecule has 0 radical (unpaired) electrons. The Bertz CT molecular complexity index is 2820. The summed E-state index contributed by atoms with van der Waals surface area (Å²) in [6.45, 7) is 27.5. The average Bonchev–Trinajstić information content (AvgIpc) is 4.00. The Hall–Kier alpha value is -6.00. The van der Waals surface area contributed by atoms with Crippen molar-refractivity contribution in [3.05, 3.63) is 160 Å². The van der Waals surface area contributed by atoms with Crippen LogP contribution < -0.4 is 0 Å². The number of H-pyrrole nitrogens is 2. The zero-order valence-corrected chi connectivity index (χ0v) is 37.6. The predicted molar refractivity (Wildman–Crippen MR) is 259 cm³/mol. The highest BCUT2D eigenvalue weighted by molar-refractivity contribution is 5.99. The molecule has 0 unspecified atom stereocenters. The lowest BCUT2D eigenvalue weighted by Gasteiger charge is -2.26. The molecule has 8 bridgehead atoms. The van der Waals surface area contributed by atoms with Crippen LogP contribution >= 0.6 is 0 Å². The molecule has 8 rings (SSSR count). The van der Waals surface area contributed by atoms with Crippen LogP contribution in [0.4, 0.5) is 0 Å². The maximum Gasteiger partial charge on any atom is 0.0743 e. The summed E-state index contributed by atoms with van der Waals surface area (Å²) in [5, 5.41) is 0. The van der Waals surface area contributed by atoms with E-state index in [4.69, 9.17) is 9.97 Å². The van der Waals surface area contributed by atoms with Gasteiger partial charge in [0.1, 0.15) is 0 Å². The van der Waals surface area contributed by atoms with Crippen LogP contribution in [0.3, 0.4) is 0 Å². The molecule has 0 saturated heterocycles. The topological polar surface area (TPSA) is 57.4 Å². The van der Waals surface area contributed by atoms with Crippen molar-refractivity contribution in [1.82, 2.24) is 19.9 Å². The monoisotopic (exact) mass is 788 g/mol. The molecular formula is C56H60N4. The fourth-order valence-corrected chi connectivity index (χ4v) is 7.92. The van der Waals surface area contributed by atoms with Gasteiger partial charge in [0, 0.05) is 38.8 Å². The first kappa shape index (κ1) is 40.8. The van der Waals surface area contributed by atoms with Crippen molar-refractivity contribution >= 4 is 51.9 Å². The number of aromatic nitrogens is 4. The van der Waals surface area contributed by atoms with Crippen LogP contribution in [0.15, 0.2) is 109 Å². The third kappa shape index (κ3) is 8.52. The van der Waals surface area contributed by atoms with Crippen LogP contribution in [0.2, 0.25) is 0 Å². The van der Waals surface area contributed by atoms with Crippen molar-refractivity contribution < 1.29 is 0 Å². The summed E-state index contributed by atoms with van der Waals surface area (Å²) in [6, 6.07) is 37.8. The van der Waals surface area contributed by atoms with Crippen molar-refractivity contribution in [3.8, 4) is 22.3 Å². The largest absolute Gasteiger partial charge is 0.355 e. The summed E-state index contributed by atoms with van der Waals surface area (Å²) >= 11 is 0. The number of rotatable bonds is 4. The van der Waals surface area contributed by atoms with Gasteiger partial charge in [0.15, 0.2) is 0 Å². The summed E-state index contributed by atoms with van der Waals surface area (Å²) in [7, 11) is 0. The Morgan fingerprint density at radius 1 is 0.450 bits per heavy atom. The number of hydrogen-bond acceptors (Lipinski definition) is 2. The number of allylic oxidation sites excluding steroid dienone is 2. The van der Waals surface area contributed by atoms with Gasteiger partial charge in [-0.2, -0.15) is 0 Å². The lowest BCUT2D eigenvalue weighted by Crippen LogP contribution is -2.16. The van der Waals surface area contributed by atoms with Crippen molar-refractivity contribution in [2.45, 2.75) is 105 Å². The molecule has 0 spiro atoms. The summed E-state index contributed by atoms with van der Waals surface area (Å²) in [6.07, 6.45) is 10.9. The van der Waals surface area contributed by atoms with E-state index in [0.717, 1.165) is 78.2 Å². The smallest absolute Gasteiger partial charge is 0.0743 e. The number of benzene rings is 3. The average molecular weight is 789 g/mol. The number of hydrogen-bond donors (Lipinski definition) is 2. The molecule has 0 atom stereocenters. The van der Waals surface area contributed by atoms with E-state index in [9.17, 15) is 0 Å². The van der Waals surface area contributed by atoms with E-state index >= 15 is 0 Å². The van der Waals surface area contributed by atoms with Crippen LogP contribution in [-0.2, 0) is 21.7 Å². The highest BCUT2D eigenvalue weighted by atomic mass is 14.8. The van der Waals surface area contributed by atoms with Gasteiger partial charge in [-0.1, -0.05) is 162 Å². The van der Waals surface area contributed by atoms with Crippen molar-refractivity contribution in [2.24, 2.45) is 0 Å². The molecule has 0 saturated carbocycles. The van der Waals surface area contributed by atoms with Crippen LogP contribution in [0.5, 0.6) is 0 Å². The molecule has 2 aliphatic heterocycles. The molecule has 2 aliphatic rings. The second-order valence-electron chi connectivity index (χ2n) is 20.8. The Labute approximate surface area is 357 Å². The zero-order valence-electron chi connectivity index (χ0n) is 37.6. The minimum absolute atomic E-state index is 0.0314. The van der Waals surface area contributed by atoms with Gasteiger partial charge in [0.05, 0.1) is 22.8 Å². The Morgan fingerprint density at radius 2 is 0.933 bits per heavy atom. The number of nitrogens with zero attached hydrogens (tertiary/aromatic N) is 2. The summed E-state index contributed by atoms with van der Waals surface area (Å²) in [5.41, 5.74) is 19.3. The zero-order chi connectivity index (χ0) is 42.8. The molecule has 60 heavy (non-hydrogen) atoms. The molecule has 5 heterocycles. The normalized spacial score (nSPS) is 13.6. The Kier molecular flexibility index (Phi) is 10.1. The van der Waals surface area contributed by atoms with Crippen LogP contribution in [-0.4, -0.2) is 19.9 Å². The fraction of sp³-hybridized carbons (Fsp3) is 0.286. The molecule has 0 amide bonds. The first-order valence-electron chi connectivity index (χ1n) is 21.4. The molecule has 4 nitrogen and oxygen atoms in total. The minimum atomic E-state index is -0.0454. The molecule has 6 aromatic rings. The maximum atomic E-state index is 5.50. The van der Waals surface area contributed by atoms with Gasteiger partial charge in [0.25, 0.3) is 0 Å². The molecule has 3 aromatic carbocycles. The van der Waals surface area contributed by atoms with Gasteiger partial charge < -0.3 is 9.97 Å². The van der Waals surface area contributed by atoms with Crippen molar-refractivity contribution in [2.75, 3.05) is 0 Å². The molecule has 3 aromatic heterocycles. The lowest BCUT2D eigenvalue weighted by atomic mass is 9.78. The van der Waals surface area contributed by atoms with E-state index in [2.05, 4.69) is 227 Å². The highest BCUT2D eigenvalue weighted by Crippen LogP contribution is 2.40. The van der Waals surface area contributed by atoms with E-state index in [1.807, 2.05) is 0 Å². The summed E-state index contributed by atoms with van der Waals surface area (Å²) in [5.74, 6) is 0. The van der Waals surface area contributed by atoms with E-state index in [0.29, 0.717) is 0 Å². The number of nitrogens with one attached hydrogen (secondary N) is 2. The third-order valence-corrected chi connectivity index (χ3v) is 11.7. The third-order valence-electron chi connectivity index (χ3n) is 11.7. The van der Waals surface area contributed by atoms with Gasteiger partial charge in [-0.3, -0.25) is 0 Å². The number of fused-ring (bicyclic) bond motifs is 8. The molecule has 0 fully saturated rings. The van der Waals surface area contributed by atoms with Crippen LogP contribution in [0.1, 0.15) is 134 Å². The van der Waals surface area contributed by atoms with Crippen LogP contribution in [0, 0.1) is 0 Å². The number of aromatic amines is 2. The van der Waals surface area contributed by atoms with Gasteiger partial charge in [-0.05, 0) is 115 Å².